The molecular weight excluding hydrogens is 526 g/mol. The molecule has 0 unspecified atom stereocenters. The van der Waals surface area contributed by atoms with Crippen molar-refractivity contribution in [3.63, 3.8) is 0 Å². The molecule has 2 aliphatic carbocycles. The molecule has 2 amide bonds. The van der Waals surface area contributed by atoms with Crippen LogP contribution in [0.4, 0.5) is 14.6 Å². The van der Waals surface area contributed by atoms with Crippen molar-refractivity contribution in [3.8, 4) is 11.1 Å². The highest BCUT2D eigenvalue weighted by Crippen LogP contribution is 2.42. The molecule has 10 heteroatoms. The second-order valence-electron chi connectivity index (χ2n) is 10.4. The maximum Gasteiger partial charge on any atom is 0.282 e. The van der Waals surface area contributed by atoms with E-state index in [1.807, 2.05) is 6.07 Å². The van der Waals surface area contributed by atoms with E-state index < -0.39 is 30.8 Å². The summed E-state index contributed by atoms with van der Waals surface area (Å²) < 4.78 is 28.5. The third kappa shape index (κ3) is 5.11. The molecule has 0 radical (unpaired) electrons. The lowest BCUT2D eigenvalue weighted by Gasteiger charge is -2.39. The molecule has 3 aromatic rings. The zero-order valence-electron chi connectivity index (χ0n) is 20.9. The van der Waals surface area contributed by atoms with Crippen molar-refractivity contribution in [1.29, 1.82) is 0 Å². The van der Waals surface area contributed by atoms with Gasteiger partial charge in [-0.15, -0.1) is 0 Å². The highest BCUT2D eigenvalue weighted by molar-refractivity contribution is 6.31. The molecule has 1 aromatic carbocycles. The van der Waals surface area contributed by atoms with Crippen LogP contribution in [0.3, 0.4) is 0 Å². The van der Waals surface area contributed by atoms with Crippen LogP contribution in [0, 0.1) is 0 Å². The predicted molar refractivity (Wildman–Crippen MR) is 145 cm³/mol. The van der Waals surface area contributed by atoms with E-state index in [9.17, 15) is 23.2 Å². The van der Waals surface area contributed by atoms with E-state index in [-0.39, 0.29) is 34.5 Å². The van der Waals surface area contributed by atoms with Crippen molar-refractivity contribution in [2.45, 2.75) is 43.6 Å². The molecule has 1 N–H and O–H groups in total. The number of likely N-dealkylation sites (tertiary alicyclic amines) is 1. The Morgan fingerprint density at radius 3 is 2.46 bits per heavy atom. The lowest BCUT2D eigenvalue weighted by atomic mass is 9.96. The molecule has 1 saturated heterocycles. The smallest absolute Gasteiger partial charge is 0.282 e. The number of nitrogens with zero attached hydrogens (tertiary/aromatic N) is 3. The maximum absolute atomic E-state index is 13.5. The summed E-state index contributed by atoms with van der Waals surface area (Å²) >= 11 is 6.18. The normalized spacial score (nSPS) is 17.9. The van der Waals surface area contributed by atoms with Gasteiger partial charge in [-0.25, -0.2) is 13.8 Å². The molecule has 2 saturated carbocycles. The number of benzene rings is 1. The largest absolute Gasteiger partial charge is 0.326 e. The Kier molecular flexibility index (Phi) is 6.14. The topological polar surface area (TPSA) is 84.3 Å². The monoisotopic (exact) mass is 550 g/mol. The number of carbonyl (C=O) groups excluding carboxylic acids is 2. The summed E-state index contributed by atoms with van der Waals surface area (Å²) in [5.74, 6) is -3.61. The number of alkyl halides is 2. The number of amides is 2. The molecule has 7 nitrogen and oxygen atoms in total. The van der Waals surface area contributed by atoms with Gasteiger partial charge in [0.05, 0.1) is 13.1 Å². The Bertz CT molecular complexity index is 1590. The number of aromatic nitrogens is 2. The first-order valence-corrected chi connectivity index (χ1v) is 13.2. The lowest BCUT2D eigenvalue weighted by molar-refractivity contribution is -0.113. The summed E-state index contributed by atoms with van der Waals surface area (Å²) in [4.78, 5) is 45.2. The van der Waals surface area contributed by atoms with Crippen molar-refractivity contribution in [2.24, 2.45) is 0 Å². The molecule has 1 aliphatic heterocycles. The zero-order valence-corrected chi connectivity index (χ0v) is 21.7. The molecule has 3 heterocycles. The molecule has 0 atom stereocenters. The van der Waals surface area contributed by atoms with Crippen LogP contribution in [0.5, 0.6) is 0 Å². The fourth-order valence-corrected chi connectivity index (χ4v) is 5.01. The minimum atomic E-state index is -2.90. The summed E-state index contributed by atoms with van der Waals surface area (Å²) in [7, 11) is 0. The Morgan fingerprint density at radius 1 is 1.08 bits per heavy atom. The number of rotatable bonds is 7. The standard InChI is InChI=1S/C29H25ClF2N4O3/c1-2-16-9-23(28(39)36(13-16)20-6-7-20)26(37)34-25-11-18(10-24(33-25)17-3-4-17)21-8-5-19(30)12-22(21)27(38)35-14-29(31,32)15-35/h2,5,8-13,17,20H,1,3-4,6-7,14-15H2,(H,33,34,37). The van der Waals surface area contributed by atoms with Gasteiger partial charge in [0.15, 0.2) is 0 Å². The van der Waals surface area contributed by atoms with Crippen LogP contribution in [-0.2, 0) is 0 Å². The van der Waals surface area contributed by atoms with Crippen molar-refractivity contribution < 1.29 is 18.4 Å². The van der Waals surface area contributed by atoms with E-state index in [0.29, 0.717) is 21.7 Å². The summed E-state index contributed by atoms with van der Waals surface area (Å²) in [6, 6.07) is 9.79. The van der Waals surface area contributed by atoms with Crippen LogP contribution in [0.25, 0.3) is 17.2 Å². The molecule has 2 aromatic heterocycles. The molecule has 0 bridgehead atoms. The first kappa shape index (κ1) is 25.4. The van der Waals surface area contributed by atoms with E-state index in [2.05, 4.69) is 16.9 Å². The molecule has 3 aliphatic rings. The van der Waals surface area contributed by atoms with E-state index in [1.54, 1.807) is 35.0 Å². The summed E-state index contributed by atoms with van der Waals surface area (Å²) in [5.41, 5.74) is 2.27. The fraction of sp³-hybridized carbons (Fsp3) is 0.310. The fourth-order valence-electron chi connectivity index (χ4n) is 4.84. The third-order valence-corrected chi connectivity index (χ3v) is 7.46. The quantitative estimate of drug-likeness (QED) is 0.405. The Hall–Kier alpha value is -3.85. The van der Waals surface area contributed by atoms with Gasteiger partial charge in [0, 0.05) is 34.4 Å². The molecule has 6 rings (SSSR count). The van der Waals surface area contributed by atoms with Gasteiger partial charge in [-0.2, -0.15) is 0 Å². The SMILES string of the molecule is C=Cc1cc(C(=O)Nc2cc(-c3ccc(Cl)cc3C(=O)N3CC(F)(F)C3)cc(C3CC3)n2)c(=O)n(C2CC2)c1. The zero-order chi connectivity index (χ0) is 27.5. The van der Waals surface area contributed by atoms with E-state index in [4.69, 9.17) is 11.6 Å². The van der Waals surface area contributed by atoms with Gasteiger partial charge in [-0.05, 0) is 72.7 Å². The van der Waals surface area contributed by atoms with Gasteiger partial charge in [-0.1, -0.05) is 30.3 Å². The van der Waals surface area contributed by atoms with Crippen molar-refractivity contribution in [2.75, 3.05) is 18.4 Å². The lowest BCUT2D eigenvalue weighted by Crippen LogP contribution is -2.58. The number of hydrogen-bond donors (Lipinski definition) is 1. The van der Waals surface area contributed by atoms with E-state index in [1.165, 1.54) is 12.1 Å². The van der Waals surface area contributed by atoms with Crippen LogP contribution < -0.4 is 10.9 Å². The van der Waals surface area contributed by atoms with Gasteiger partial charge in [0.1, 0.15) is 11.4 Å². The maximum atomic E-state index is 13.5. The van der Waals surface area contributed by atoms with E-state index >= 15 is 0 Å². The molecule has 3 fully saturated rings. The Morgan fingerprint density at radius 2 is 1.82 bits per heavy atom. The van der Waals surface area contributed by atoms with Crippen LogP contribution in [-0.4, -0.2) is 45.3 Å². The second kappa shape index (κ2) is 9.41. The highest BCUT2D eigenvalue weighted by Gasteiger charge is 2.46. The number of nitrogens with one attached hydrogen (secondary N) is 1. The van der Waals surface area contributed by atoms with Crippen molar-refractivity contribution in [1.82, 2.24) is 14.5 Å². The molecular formula is C29H25ClF2N4O3. The number of carbonyl (C=O) groups is 2. The average Bonchev–Trinajstić information content (AvgIpc) is 3.80. The summed E-state index contributed by atoms with van der Waals surface area (Å²) in [5, 5.41) is 3.07. The number of halogens is 3. The minimum absolute atomic E-state index is 0.0134. The average molecular weight is 551 g/mol. The second-order valence-corrected chi connectivity index (χ2v) is 10.9. The Balaban J connectivity index is 1.37. The third-order valence-electron chi connectivity index (χ3n) is 7.22. The van der Waals surface area contributed by atoms with E-state index in [0.717, 1.165) is 36.3 Å². The van der Waals surface area contributed by atoms with Gasteiger partial charge in [-0.3, -0.25) is 14.4 Å². The minimum Gasteiger partial charge on any atom is -0.326 e. The first-order chi connectivity index (χ1) is 18.6. The van der Waals surface area contributed by atoms with Gasteiger partial charge >= 0.3 is 0 Å². The van der Waals surface area contributed by atoms with Crippen LogP contribution in [0.15, 0.2) is 54.0 Å². The first-order valence-electron chi connectivity index (χ1n) is 12.8. The highest BCUT2D eigenvalue weighted by atomic mass is 35.5. The van der Waals surface area contributed by atoms with Crippen LogP contribution in [0.2, 0.25) is 5.02 Å². The van der Waals surface area contributed by atoms with Crippen molar-refractivity contribution in [3.05, 3.63) is 86.9 Å². The Labute approximate surface area is 228 Å². The number of anilines is 1. The van der Waals surface area contributed by atoms with Crippen molar-refractivity contribution >= 4 is 35.3 Å². The number of pyridine rings is 2. The van der Waals surface area contributed by atoms with Crippen LogP contribution >= 0.6 is 11.6 Å². The van der Waals surface area contributed by atoms with Gasteiger partial charge < -0.3 is 14.8 Å². The molecule has 0 spiro atoms. The van der Waals surface area contributed by atoms with Crippen LogP contribution in [0.1, 0.15) is 69.6 Å². The van der Waals surface area contributed by atoms with Gasteiger partial charge in [0.25, 0.3) is 23.3 Å². The van der Waals surface area contributed by atoms with Gasteiger partial charge in [0.2, 0.25) is 0 Å². The molecule has 200 valence electrons. The predicted octanol–water partition coefficient (Wildman–Crippen LogP) is 5.76. The summed E-state index contributed by atoms with van der Waals surface area (Å²) in [6.45, 7) is 2.47. The summed E-state index contributed by atoms with van der Waals surface area (Å²) in [6.07, 6.45) is 6.94. The number of hydrogen-bond acceptors (Lipinski definition) is 4. The molecule has 39 heavy (non-hydrogen) atoms.